The third kappa shape index (κ3) is 4.99. The number of likely N-dealkylation sites (tertiary alicyclic amines) is 1. The second-order valence-corrected chi connectivity index (χ2v) is 6.73. The zero-order chi connectivity index (χ0) is 14.4. The second-order valence-electron chi connectivity index (χ2n) is 6.73. The minimum absolute atomic E-state index is 0.274. The van der Waals surface area contributed by atoms with Crippen LogP contribution in [0.2, 0.25) is 0 Å². The molecular formula is C16H32N2O2. The molecule has 0 amide bonds. The topological polar surface area (TPSA) is 55.7 Å². The van der Waals surface area contributed by atoms with Crippen LogP contribution in [0, 0.1) is 11.8 Å². The Morgan fingerprint density at radius 1 is 1.15 bits per heavy atom. The van der Waals surface area contributed by atoms with Crippen molar-refractivity contribution in [2.45, 2.75) is 57.5 Å². The third-order valence-electron chi connectivity index (χ3n) is 4.98. The van der Waals surface area contributed by atoms with Gasteiger partial charge in [0.15, 0.2) is 0 Å². The van der Waals surface area contributed by atoms with Gasteiger partial charge in [0.2, 0.25) is 0 Å². The lowest BCUT2D eigenvalue weighted by Crippen LogP contribution is -2.52. The van der Waals surface area contributed by atoms with Crippen molar-refractivity contribution in [1.82, 2.24) is 10.2 Å². The van der Waals surface area contributed by atoms with E-state index >= 15 is 0 Å². The molecule has 2 aliphatic rings. The maximum atomic E-state index is 9.05. The Hall–Kier alpha value is -0.160. The predicted molar refractivity (Wildman–Crippen MR) is 81.7 cm³/mol. The summed E-state index contributed by atoms with van der Waals surface area (Å²) in [4.78, 5) is 2.67. The van der Waals surface area contributed by atoms with Crippen LogP contribution in [-0.2, 0) is 0 Å². The van der Waals surface area contributed by atoms with Gasteiger partial charge in [0, 0.05) is 38.4 Å². The standard InChI is InChI=1S/C16H32N2O2/c1-13(15-5-6-15)18-11-14(4-2-8-19)10-16(12-18)17-7-3-9-20/h13-17,19-20H,2-12H2,1H3. The van der Waals surface area contributed by atoms with Gasteiger partial charge in [-0.15, -0.1) is 0 Å². The molecule has 118 valence electrons. The fourth-order valence-electron chi connectivity index (χ4n) is 3.57. The average Bonchev–Trinajstić information content (AvgIpc) is 3.29. The first-order valence-corrected chi connectivity index (χ1v) is 8.43. The van der Waals surface area contributed by atoms with Crippen LogP contribution in [0.5, 0.6) is 0 Å². The maximum absolute atomic E-state index is 9.05. The lowest BCUT2D eigenvalue weighted by Gasteiger charge is -2.41. The monoisotopic (exact) mass is 284 g/mol. The van der Waals surface area contributed by atoms with Crippen molar-refractivity contribution >= 4 is 0 Å². The van der Waals surface area contributed by atoms with Crippen LogP contribution in [0.25, 0.3) is 0 Å². The van der Waals surface area contributed by atoms with E-state index in [1.807, 2.05) is 0 Å². The van der Waals surface area contributed by atoms with Crippen LogP contribution in [0.3, 0.4) is 0 Å². The summed E-state index contributed by atoms with van der Waals surface area (Å²) in [6.07, 6.45) is 6.95. The van der Waals surface area contributed by atoms with Crippen LogP contribution in [0.4, 0.5) is 0 Å². The molecule has 20 heavy (non-hydrogen) atoms. The Labute approximate surface area is 123 Å². The zero-order valence-electron chi connectivity index (χ0n) is 12.9. The Morgan fingerprint density at radius 3 is 2.55 bits per heavy atom. The number of rotatable bonds is 9. The van der Waals surface area contributed by atoms with Crippen molar-refractivity contribution in [2.24, 2.45) is 11.8 Å². The quantitative estimate of drug-likeness (QED) is 0.557. The van der Waals surface area contributed by atoms with Gasteiger partial charge in [-0.3, -0.25) is 4.90 Å². The van der Waals surface area contributed by atoms with Crippen LogP contribution < -0.4 is 5.32 Å². The van der Waals surface area contributed by atoms with Crippen LogP contribution in [-0.4, -0.2) is 60.0 Å². The first-order chi connectivity index (χ1) is 9.74. The van der Waals surface area contributed by atoms with E-state index < -0.39 is 0 Å². The van der Waals surface area contributed by atoms with Gasteiger partial charge >= 0.3 is 0 Å². The van der Waals surface area contributed by atoms with E-state index in [0.29, 0.717) is 24.6 Å². The normalized spacial score (nSPS) is 29.6. The van der Waals surface area contributed by atoms with E-state index in [1.165, 1.54) is 25.8 Å². The molecule has 0 bridgehead atoms. The third-order valence-corrected chi connectivity index (χ3v) is 4.98. The van der Waals surface area contributed by atoms with Crippen molar-refractivity contribution < 1.29 is 10.2 Å². The Morgan fingerprint density at radius 2 is 1.90 bits per heavy atom. The van der Waals surface area contributed by atoms with Crippen LogP contribution >= 0.6 is 0 Å². The lowest BCUT2D eigenvalue weighted by molar-refractivity contribution is 0.0869. The molecule has 1 saturated carbocycles. The minimum atomic E-state index is 0.274. The highest BCUT2D eigenvalue weighted by Gasteiger charge is 2.36. The Balaban J connectivity index is 1.83. The highest BCUT2D eigenvalue weighted by Crippen LogP contribution is 2.37. The molecule has 1 saturated heterocycles. The van der Waals surface area contributed by atoms with Crippen molar-refractivity contribution in [3.63, 3.8) is 0 Å². The van der Waals surface area contributed by atoms with Gasteiger partial charge in [0.25, 0.3) is 0 Å². The first-order valence-electron chi connectivity index (χ1n) is 8.43. The molecule has 2 rings (SSSR count). The minimum Gasteiger partial charge on any atom is -0.396 e. The molecule has 0 radical (unpaired) electrons. The molecule has 1 aliphatic heterocycles. The van der Waals surface area contributed by atoms with E-state index in [9.17, 15) is 0 Å². The van der Waals surface area contributed by atoms with Gasteiger partial charge in [0.05, 0.1) is 0 Å². The molecule has 3 N–H and O–H groups in total. The molecule has 1 aliphatic carbocycles. The molecule has 2 fully saturated rings. The second kappa shape index (κ2) is 8.32. The SMILES string of the molecule is CC(C1CC1)N1CC(CCCO)CC(NCCCO)C1. The highest BCUT2D eigenvalue weighted by atomic mass is 16.3. The summed E-state index contributed by atoms with van der Waals surface area (Å²) in [5.41, 5.74) is 0. The fraction of sp³-hybridized carbons (Fsp3) is 1.00. The molecule has 4 nitrogen and oxygen atoms in total. The van der Waals surface area contributed by atoms with E-state index in [0.717, 1.165) is 38.3 Å². The number of nitrogens with one attached hydrogen (secondary N) is 1. The zero-order valence-corrected chi connectivity index (χ0v) is 12.9. The van der Waals surface area contributed by atoms with Crippen LogP contribution in [0.1, 0.15) is 45.4 Å². The summed E-state index contributed by atoms with van der Waals surface area (Å²) in [7, 11) is 0. The number of piperidine rings is 1. The Bertz CT molecular complexity index is 271. The van der Waals surface area contributed by atoms with E-state index in [4.69, 9.17) is 10.2 Å². The smallest absolute Gasteiger partial charge is 0.0443 e. The van der Waals surface area contributed by atoms with Gasteiger partial charge in [0.1, 0.15) is 0 Å². The largest absolute Gasteiger partial charge is 0.396 e. The molecule has 1 heterocycles. The van der Waals surface area contributed by atoms with Crippen molar-refractivity contribution in [3.8, 4) is 0 Å². The van der Waals surface area contributed by atoms with Crippen molar-refractivity contribution in [2.75, 3.05) is 32.8 Å². The van der Waals surface area contributed by atoms with Crippen molar-refractivity contribution in [1.29, 1.82) is 0 Å². The van der Waals surface area contributed by atoms with E-state index in [1.54, 1.807) is 0 Å². The average molecular weight is 284 g/mol. The van der Waals surface area contributed by atoms with Gasteiger partial charge in [-0.05, 0) is 63.8 Å². The first kappa shape index (κ1) is 16.2. The summed E-state index contributed by atoms with van der Waals surface area (Å²) >= 11 is 0. The van der Waals surface area contributed by atoms with Gasteiger partial charge in [-0.1, -0.05) is 0 Å². The number of hydrogen-bond donors (Lipinski definition) is 3. The van der Waals surface area contributed by atoms with Crippen LogP contribution in [0.15, 0.2) is 0 Å². The van der Waals surface area contributed by atoms with Gasteiger partial charge in [-0.25, -0.2) is 0 Å². The van der Waals surface area contributed by atoms with Crippen molar-refractivity contribution in [3.05, 3.63) is 0 Å². The molecule has 3 atom stereocenters. The number of nitrogens with zero attached hydrogens (tertiary/aromatic N) is 1. The highest BCUT2D eigenvalue weighted by molar-refractivity contribution is 4.91. The van der Waals surface area contributed by atoms with Gasteiger partial charge in [-0.2, -0.15) is 0 Å². The summed E-state index contributed by atoms with van der Waals surface area (Å²) in [6, 6.07) is 1.27. The molecule has 0 spiro atoms. The number of aliphatic hydroxyl groups is 2. The molecular weight excluding hydrogens is 252 g/mol. The maximum Gasteiger partial charge on any atom is 0.0443 e. The predicted octanol–water partition coefficient (Wildman–Crippen LogP) is 1.22. The summed E-state index contributed by atoms with van der Waals surface area (Å²) in [5.74, 6) is 1.63. The Kier molecular flexibility index (Phi) is 6.75. The molecule has 0 aromatic carbocycles. The number of aliphatic hydroxyl groups excluding tert-OH is 2. The lowest BCUT2D eigenvalue weighted by atomic mass is 9.89. The molecule has 0 aromatic heterocycles. The number of hydrogen-bond acceptors (Lipinski definition) is 4. The molecule has 4 heteroatoms. The molecule has 0 aromatic rings. The summed E-state index contributed by atoms with van der Waals surface area (Å²) < 4.78 is 0. The van der Waals surface area contributed by atoms with E-state index in [-0.39, 0.29) is 6.61 Å². The van der Waals surface area contributed by atoms with E-state index in [2.05, 4.69) is 17.1 Å². The van der Waals surface area contributed by atoms with Gasteiger partial charge < -0.3 is 15.5 Å². The summed E-state index contributed by atoms with van der Waals surface area (Å²) in [5, 5.41) is 21.6. The fourth-order valence-corrected chi connectivity index (χ4v) is 3.57. The summed E-state index contributed by atoms with van der Waals surface area (Å²) in [6.45, 7) is 6.25. The molecule has 3 unspecified atom stereocenters.